The number of sulfonamides is 1. The molecule has 0 saturated carbocycles. The van der Waals surface area contributed by atoms with Crippen LogP contribution in [0.5, 0.6) is 5.75 Å². The summed E-state index contributed by atoms with van der Waals surface area (Å²) in [7, 11) is -4.06. The van der Waals surface area contributed by atoms with E-state index in [1.807, 2.05) is 47.1 Å². The van der Waals surface area contributed by atoms with Gasteiger partial charge in [-0.2, -0.15) is 15.0 Å². The van der Waals surface area contributed by atoms with E-state index in [0.717, 1.165) is 11.1 Å². The molecule has 49 heavy (non-hydrogen) atoms. The number of phenolic OH excluding ortho intramolecular Hbond substituents is 1. The molecule has 1 aromatic heterocycles. The molecule has 14 nitrogen and oxygen atoms in total. The first-order valence-electron chi connectivity index (χ1n) is 16.4. The number of piperidine rings is 2. The summed E-state index contributed by atoms with van der Waals surface area (Å²) in [5.74, 6) is 0.623. The minimum absolute atomic E-state index is 0.00596. The van der Waals surface area contributed by atoms with E-state index in [1.165, 1.54) is 10.4 Å². The van der Waals surface area contributed by atoms with Crippen LogP contribution in [0.4, 0.5) is 29.2 Å². The van der Waals surface area contributed by atoms with Crippen LogP contribution in [0.25, 0.3) is 0 Å². The molecule has 260 valence electrons. The molecule has 2 aliphatic heterocycles. The Morgan fingerprint density at radius 3 is 2.24 bits per heavy atom. The lowest BCUT2D eigenvalue weighted by Crippen LogP contribution is -2.53. The minimum Gasteiger partial charge on any atom is -0.506 e. The molecule has 9 N–H and O–H groups in total. The van der Waals surface area contributed by atoms with Crippen molar-refractivity contribution in [1.82, 2.24) is 15.0 Å². The van der Waals surface area contributed by atoms with Crippen LogP contribution in [-0.4, -0.2) is 84.5 Å². The average Bonchev–Trinajstić information content (AvgIpc) is 3.08. The number of hydrogen-bond acceptors (Lipinski definition) is 13. The number of aliphatic hydroxyl groups excluding tert-OH is 1. The van der Waals surface area contributed by atoms with Gasteiger partial charge >= 0.3 is 0 Å². The first-order valence-corrected chi connectivity index (χ1v) is 17.8. The number of hydrogen-bond donors (Lipinski definition) is 6. The standard InChI is InChI=1S/C34H44N10O4S/c1-22-7-10-28(11-8-22)49(47,48)44(18-23-5-3-2-4-6-23)29-12-9-27(16-31(29)46)38-32-39-33(42-14-13-30(45)24(17-35)19-42)41-34(40-32)43-20-25(36)15-26(37)21-43/h2-12,16,24-26,30,45-46H,13-15,17-21,35-37H2,1H3,(H,38,39,40,41)/t24-,25-,26+,30+/m1/s1. The normalized spacial score (nSPS) is 21.4. The summed E-state index contributed by atoms with van der Waals surface area (Å²) in [5.41, 5.74) is 20.8. The lowest BCUT2D eigenvalue weighted by Gasteiger charge is -2.37. The van der Waals surface area contributed by atoms with E-state index in [0.29, 0.717) is 63.1 Å². The number of aromatic nitrogens is 3. The molecule has 2 aliphatic rings. The van der Waals surface area contributed by atoms with Gasteiger partial charge in [0, 0.05) is 55.9 Å². The van der Waals surface area contributed by atoms with Crippen molar-refractivity contribution >= 4 is 39.2 Å². The highest BCUT2D eigenvalue weighted by Crippen LogP contribution is 2.36. The number of nitrogens with two attached hydrogens (primary N) is 3. The first-order chi connectivity index (χ1) is 23.5. The van der Waals surface area contributed by atoms with Crippen LogP contribution in [0.2, 0.25) is 0 Å². The van der Waals surface area contributed by atoms with E-state index < -0.39 is 16.1 Å². The van der Waals surface area contributed by atoms with Gasteiger partial charge in [-0.3, -0.25) is 4.31 Å². The predicted octanol–water partition coefficient (Wildman–Crippen LogP) is 2.04. The number of rotatable bonds is 10. The van der Waals surface area contributed by atoms with Crippen molar-refractivity contribution in [3.63, 3.8) is 0 Å². The number of benzene rings is 3. The quantitative estimate of drug-likeness (QED) is 0.141. The summed E-state index contributed by atoms with van der Waals surface area (Å²) in [5, 5.41) is 24.9. The van der Waals surface area contributed by atoms with E-state index in [1.54, 1.807) is 36.4 Å². The van der Waals surface area contributed by atoms with Crippen molar-refractivity contribution in [3.8, 4) is 5.75 Å². The van der Waals surface area contributed by atoms with E-state index in [9.17, 15) is 18.6 Å². The second-order valence-electron chi connectivity index (χ2n) is 12.9. The molecule has 0 radical (unpaired) electrons. The maximum atomic E-state index is 14.0. The Hall–Kier alpha value is -4.54. The van der Waals surface area contributed by atoms with Gasteiger partial charge in [-0.25, -0.2) is 8.42 Å². The van der Waals surface area contributed by atoms with Crippen molar-refractivity contribution in [1.29, 1.82) is 0 Å². The van der Waals surface area contributed by atoms with E-state index in [4.69, 9.17) is 32.2 Å². The summed E-state index contributed by atoms with van der Waals surface area (Å²) in [6.07, 6.45) is 0.704. The van der Waals surface area contributed by atoms with Gasteiger partial charge in [0.05, 0.1) is 23.2 Å². The average molecular weight is 689 g/mol. The number of aliphatic hydroxyl groups is 1. The maximum Gasteiger partial charge on any atom is 0.264 e. The summed E-state index contributed by atoms with van der Waals surface area (Å²) < 4.78 is 29.2. The predicted molar refractivity (Wildman–Crippen MR) is 190 cm³/mol. The molecular formula is C34H44N10O4S. The second kappa shape index (κ2) is 14.5. The van der Waals surface area contributed by atoms with Gasteiger partial charge < -0.3 is 42.5 Å². The molecule has 0 bridgehead atoms. The molecule has 4 atom stereocenters. The topological polar surface area (TPSA) is 213 Å². The Kier molecular flexibility index (Phi) is 10.2. The summed E-state index contributed by atoms with van der Waals surface area (Å²) >= 11 is 0. The molecule has 0 amide bonds. The second-order valence-corrected chi connectivity index (χ2v) is 14.7. The SMILES string of the molecule is Cc1ccc(S(=O)(=O)N(Cc2ccccc2)c2ccc(Nc3nc(N4C[C@H](N)C[C@H](N)C4)nc(N4CC[C@H](O)[C@H](CN)C4)n3)cc2O)cc1. The Morgan fingerprint density at radius 1 is 0.918 bits per heavy atom. The highest BCUT2D eigenvalue weighted by Gasteiger charge is 2.31. The fraction of sp³-hybridized carbons (Fsp3) is 0.382. The maximum absolute atomic E-state index is 14.0. The minimum atomic E-state index is -4.06. The fourth-order valence-electron chi connectivity index (χ4n) is 6.30. The van der Waals surface area contributed by atoms with Gasteiger partial charge in [-0.1, -0.05) is 48.0 Å². The van der Waals surface area contributed by atoms with Crippen LogP contribution in [0.1, 0.15) is 24.0 Å². The molecule has 0 aliphatic carbocycles. The van der Waals surface area contributed by atoms with Crippen molar-refractivity contribution in [2.24, 2.45) is 23.1 Å². The first kappa shape index (κ1) is 34.3. The zero-order valence-electron chi connectivity index (χ0n) is 27.4. The number of anilines is 5. The van der Waals surface area contributed by atoms with E-state index in [2.05, 4.69) is 5.32 Å². The molecule has 0 spiro atoms. The Labute approximate surface area is 286 Å². The summed E-state index contributed by atoms with van der Waals surface area (Å²) in [6, 6.07) is 20.2. The van der Waals surface area contributed by atoms with Crippen LogP contribution < -0.4 is 36.6 Å². The molecule has 2 saturated heterocycles. The van der Waals surface area contributed by atoms with Gasteiger partial charge in [0.1, 0.15) is 5.75 Å². The highest BCUT2D eigenvalue weighted by molar-refractivity contribution is 7.92. The van der Waals surface area contributed by atoms with Gasteiger partial charge in [-0.15, -0.1) is 0 Å². The van der Waals surface area contributed by atoms with Crippen LogP contribution in [0.3, 0.4) is 0 Å². The Morgan fingerprint density at radius 2 is 1.59 bits per heavy atom. The molecule has 2 fully saturated rings. The number of nitrogens with one attached hydrogen (secondary N) is 1. The zero-order chi connectivity index (χ0) is 34.7. The molecule has 3 heterocycles. The lowest BCUT2D eigenvalue weighted by atomic mass is 9.95. The molecule has 3 aromatic carbocycles. The van der Waals surface area contributed by atoms with Crippen LogP contribution in [-0.2, 0) is 16.6 Å². The fourth-order valence-corrected chi connectivity index (χ4v) is 7.76. The summed E-state index contributed by atoms with van der Waals surface area (Å²) in [6.45, 7) is 4.25. The van der Waals surface area contributed by atoms with Gasteiger partial charge in [-0.05, 0) is 56.1 Å². The number of phenols is 1. The van der Waals surface area contributed by atoms with Crippen molar-refractivity contribution in [2.45, 2.75) is 49.4 Å². The largest absolute Gasteiger partial charge is 0.506 e. The zero-order valence-corrected chi connectivity index (χ0v) is 28.2. The molecule has 6 rings (SSSR count). The lowest BCUT2D eigenvalue weighted by molar-refractivity contribution is 0.0917. The molecular weight excluding hydrogens is 645 g/mol. The third-order valence-corrected chi connectivity index (χ3v) is 10.7. The van der Waals surface area contributed by atoms with Crippen molar-refractivity contribution < 1.29 is 18.6 Å². The molecule has 4 aromatic rings. The van der Waals surface area contributed by atoms with Crippen molar-refractivity contribution in [2.75, 3.05) is 52.1 Å². The van der Waals surface area contributed by atoms with Crippen LogP contribution in [0.15, 0.2) is 77.7 Å². The van der Waals surface area contributed by atoms with Gasteiger partial charge in [0.15, 0.2) is 0 Å². The number of aromatic hydroxyl groups is 1. The van der Waals surface area contributed by atoms with Crippen LogP contribution in [0, 0.1) is 12.8 Å². The summed E-state index contributed by atoms with van der Waals surface area (Å²) in [4.78, 5) is 18.2. The van der Waals surface area contributed by atoms with Gasteiger partial charge in [0.2, 0.25) is 17.8 Å². The molecule has 15 heteroatoms. The van der Waals surface area contributed by atoms with Crippen LogP contribution >= 0.6 is 0 Å². The third kappa shape index (κ3) is 7.86. The Balaban J connectivity index is 1.33. The highest BCUT2D eigenvalue weighted by atomic mass is 32.2. The van der Waals surface area contributed by atoms with Gasteiger partial charge in [0.25, 0.3) is 10.0 Å². The third-order valence-electron chi connectivity index (χ3n) is 8.97. The van der Waals surface area contributed by atoms with Crippen molar-refractivity contribution in [3.05, 3.63) is 83.9 Å². The molecule has 0 unspecified atom stereocenters. The smallest absolute Gasteiger partial charge is 0.264 e. The number of nitrogens with zero attached hydrogens (tertiary/aromatic N) is 6. The van der Waals surface area contributed by atoms with E-state index >= 15 is 0 Å². The monoisotopic (exact) mass is 688 g/mol. The number of aryl methyl sites for hydroxylation is 1. The van der Waals surface area contributed by atoms with E-state index in [-0.39, 0.29) is 46.8 Å². The Bertz CT molecular complexity index is 1840.